The number of rotatable bonds is 5. The first kappa shape index (κ1) is 19.7. The molecule has 1 amide bonds. The fourth-order valence-electron chi connectivity index (χ4n) is 3.85. The molecular formula is C23H25N3O2S. The predicted octanol–water partition coefficient (Wildman–Crippen LogP) is 4.27. The number of amides is 1. The number of carbonyl (C=O) groups is 1. The number of nitrogens with zero attached hydrogens (tertiary/aromatic N) is 3. The minimum Gasteiger partial charge on any atom is -0.311 e. The maximum Gasteiger partial charge on any atom is 0.262 e. The van der Waals surface area contributed by atoms with E-state index in [4.69, 9.17) is 4.98 Å². The molecule has 150 valence electrons. The van der Waals surface area contributed by atoms with E-state index < -0.39 is 0 Å². The Morgan fingerprint density at radius 1 is 1.17 bits per heavy atom. The Balaban J connectivity index is 1.65. The third-order valence-corrected chi connectivity index (χ3v) is 6.36. The van der Waals surface area contributed by atoms with Crippen LogP contribution < -0.4 is 10.5 Å². The van der Waals surface area contributed by atoms with Gasteiger partial charge < -0.3 is 4.90 Å². The molecule has 1 atom stereocenters. The van der Waals surface area contributed by atoms with Crippen LogP contribution in [0.25, 0.3) is 10.9 Å². The quantitative estimate of drug-likeness (QED) is 0.468. The SMILES string of the molecule is CCCn1c(SC(C)C(=O)N2CCCc3ccccc32)nc2ccccc2c1=O. The Kier molecular flexibility index (Phi) is 5.72. The van der Waals surface area contributed by atoms with Crippen LogP contribution in [0.15, 0.2) is 58.5 Å². The van der Waals surface area contributed by atoms with E-state index in [0.717, 1.165) is 31.5 Å². The molecule has 5 nitrogen and oxygen atoms in total. The Bertz CT molecular complexity index is 1110. The van der Waals surface area contributed by atoms with Gasteiger partial charge in [0.1, 0.15) is 0 Å². The van der Waals surface area contributed by atoms with Crippen molar-refractivity contribution in [2.24, 2.45) is 0 Å². The van der Waals surface area contributed by atoms with Gasteiger partial charge in [0.2, 0.25) is 5.91 Å². The van der Waals surface area contributed by atoms with Crippen molar-refractivity contribution in [1.82, 2.24) is 9.55 Å². The second-order valence-electron chi connectivity index (χ2n) is 7.35. The maximum absolute atomic E-state index is 13.3. The Labute approximate surface area is 174 Å². The zero-order valence-corrected chi connectivity index (χ0v) is 17.6. The first-order valence-electron chi connectivity index (χ1n) is 10.2. The molecule has 1 aromatic heterocycles. The van der Waals surface area contributed by atoms with Gasteiger partial charge in [0, 0.05) is 18.8 Å². The van der Waals surface area contributed by atoms with Crippen LogP contribution in [0.4, 0.5) is 5.69 Å². The van der Waals surface area contributed by atoms with Gasteiger partial charge >= 0.3 is 0 Å². The summed E-state index contributed by atoms with van der Waals surface area (Å²) in [5.41, 5.74) is 2.86. The van der Waals surface area contributed by atoms with Crippen LogP contribution in [0, 0.1) is 0 Å². The molecule has 0 spiro atoms. The van der Waals surface area contributed by atoms with Gasteiger partial charge in [-0.3, -0.25) is 14.2 Å². The summed E-state index contributed by atoms with van der Waals surface area (Å²) < 4.78 is 1.71. The molecule has 0 N–H and O–H groups in total. The molecule has 6 heteroatoms. The number of carbonyl (C=O) groups excluding carboxylic acids is 1. The van der Waals surface area contributed by atoms with Gasteiger partial charge in [-0.15, -0.1) is 0 Å². The Morgan fingerprint density at radius 3 is 2.76 bits per heavy atom. The van der Waals surface area contributed by atoms with E-state index in [1.165, 1.54) is 17.3 Å². The van der Waals surface area contributed by atoms with Gasteiger partial charge in [0.05, 0.1) is 16.2 Å². The molecule has 0 aliphatic carbocycles. The molecule has 2 aromatic carbocycles. The molecular weight excluding hydrogens is 382 g/mol. The summed E-state index contributed by atoms with van der Waals surface area (Å²) >= 11 is 1.38. The minimum atomic E-state index is -0.336. The number of para-hydroxylation sites is 2. The van der Waals surface area contributed by atoms with Crippen molar-refractivity contribution in [3.63, 3.8) is 0 Å². The number of hydrogen-bond donors (Lipinski definition) is 0. The van der Waals surface area contributed by atoms with Crippen molar-refractivity contribution >= 4 is 34.3 Å². The number of aryl methyl sites for hydroxylation is 1. The summed E-state index contributed by atoms with van der Waals surface area (Å²) in [6, 6.07) is 15.5. The highest BCUT2D eigenvalue weighted by Gasteiger charge is 2.28. The van der Waals surface area contributed by atoms with Crippen LogP contribution in [0.2, 0.25) is 0 Å². The number of thioether (sulfide) groups is 1. The van der Waals surface area contributed by atoms with Gasteiger partial charge in [-0.05, 0) is 49.9 Å². The van der Waals surface area contributed by atoms with Gasteiger partial charge in [-0.2, -0.15) is 0 Å². The highest BCUT2D eigenvalue weighted by molar-refractivity contribution is 8.00. The van der Waals surface area contributed by atoms with Crippen molar-refractivity contribution in [3.05, 3.63) is 64.4 Å². The lowest BCUT2D eigenvalue weighted by Crippen LogP contribution is -2.40. The van der Waals surface area contributed by atoms with E-state index in [1.807, 2.05) is 61.2 Å². The van der Waals surface area contributed by atoms with Crippen molar-refractivity contribution in [2.45, 2.75) is 50.1 Å². The zero-order valence-electron chi connectivity index (χ0n) is 16.8. The maximum atomic E-state index is 13.3. The molecule has 4 rings (SSSR count). The third kappa shape index (κ3) is 3.81. The smallest absolute Gasteiger partial charge is 0.262 e. The summed E-state index contributed by atoms with van der Waals surface area (Å²) in [6.07, 6.45) is 2.80. The highest BCUT2D eigenvalue weighted by atomic mass is 32.2. The Hall–Kier alpha value is -2.60. The van der Waals surface area contributed by atoms with Crippen LogP contribution in [0.3, 0.4) is 0 Å². The van der Waals surface area contributed by atoms with Crippen LogP contribution in [0.5, 0.6) is 0 Å². The predicted molar refractivity (Wildman–Crippen MR) is 119 cm³/mol. The third-order valence-electron chi connectivity index (χ3n) is 5.28. The van der Waals surface area contributed by atoms with E-state index in [9.17, 15) is 9.59 Å². The standard InChI is InChI=1S/C23H25N3O2S/c1-3-14-26-22(28)18-11-5-6-12-19(18)24-23(26)29-16(2)21(27)25-15-8-10-17-9-4-7-13-20(17)25/h4-7,9,11-13,16H,3,8,10,14-15H2,1-2H3. The molecule has 1 aliphatic rings. The average Bonchev–Trinajstić information content (AvgIpc) is 2.75. The topological polar surface area (TPSA) is 55.2 Å². The summed E-state index contributed by atoms with van der Waals surface area (Å²) in [5, 5.41) is 0.897. The molecule has 29 heavy (non-hydrogen) atoms. The lowest BCUT2D eigenvalue weighted by Gasteiger charge is -2.31. The van der Waals surface area contributed by atoms with Crippen molar-refractivity contribution < 1.29 is 4.79 Å². The molecule has 2 heterocycles. The summed E-state index contributed by atoms with van der Waals surface area (Å²) in [6.45, 7) is 5.26. The summed E-state index contributed by atoms with van der Waals surface area (Å²) in [7, 11) is 0. The van der Waals surface area contributed by atoms with E-state index >= 15 is 0 Å². The van der Waals surface area contributed by atoms with Gasteiger partial charge in [-0.25, -0.2) is 4.98 Å². The zero-order chi connectivity index (χ0) is 20.4. The van der Waals surface area contributed by atoms with Crippen LogP contribution >= 0.6 is 11.8 Å². The lowest BCUT2D eigenvalue weighted by atomic mass is 10.0. The number of benzene rings is 2. The van der Waals surface area contributed by atoms with E-state index in [0.29, 0.717) is 22.6 Å². The van der Waals surface area contributed by atoms with Gasteiger partial charge in [0.15, 0.2) is 5.16 Å². The second-order valence-corrected chi connectivity index (χ2v) is 8.66. The van der Waals surface area contributed by atoms with Crippen LogP contribution in [0.1, 0.15) is 32.3 Å². The second kappa shape index (κ2) is 8.41. The number of anilines is 1. The molecule has 0 fully saturated rings. The molecule has 0 saturated heterocycles. The van der Waals surface area contributed by atoms with Gasteiger partial charge in [-0.1, -0.05) is 49.0 Å². The van der Waals surface area contributed by atoms with E-state index in [1.54, 1.807) is 4.57 Å². The number of hydrogen-bond acceptors (Lipinski definition) is 4. The highest BCUT2D eigenvalue weighted by Crippen LogP contribution is 2.30. The van der Waals surface area contributed by atoms with Crippen molar-refractivity contribution in [2.75, 3.05) is 11.4 Å². The number of aromatic nitrogens is 2. The first-order chi connectivity index (χ1) is 14.1. The molecule has 0 saturated carbocycles. The van der Waals surface area contributed by atoms with Gasteiger partial charge in [0.25, 0.3) is 5.56 Å². The molecule has 1 unspecified atom stereocenters. The van der Waals surface area contributed by atoms with Crippen LogP contribution in [-0.4, -0.2) is 27.3 Å². The van der Waals surface area contributed by atoms with Crippen molar-refractivity contribution in [3.8, 4) is 0 Å². The molecule has 3 aromatic rings. The largest absolute Gasteiger partial charge is 0.311 e. The average molecular weight is 408 g/mol. The monoisotopic (exact) mass is 407 g/mol. The fourth-order valence-corrected chi connectivity index (χ4v) is 4.85. The van der Waals surface area contributed by atoms with Crippen LogP contribution in [-0.2, 0) is 17.8 Å². The number of fused-ring (bicyclic) bond motifs is 2. The van der Waals surface area contributed by atoms with E-state index in [2.05, 4.69) is 6.07 Å². The Morgan fingerprint density at radius 2 is 1.93 bits per heavy atom. The normalized spacial score (nSPS) is 14.6. The molecule has 0 radical (unpaired) electrons. The summed E-state index contributed by atoms with van der Waals surface area (Å²) in [4.78, 5) is 32.9. The summed E-state index contributed by atoms with van der Waals surface area (Å²) in [5.74, 6) is 0.0626. The minimum absolute atomic E-state index is 0.0390. The first-order valence-corrected chi connectivity index (χ1v) is 11.0. The molecule has 1 aliphatic heterocycles. The van der Waals surface area contributed by atoms with E-state index in [-0.39, 0.29) is 16.7 Å². The molecule has 0 bridgehead atoms. The van der Waals surface area contributed by atoms with Crippen molar-refractivity contribution in [1.29, 1.82) is 0 Å². The fraction of sp³-hybridized carbons (Fsp3) is 0.348. The lowest BCUT2D eigenvalue weighted by molar-refractivity contribution is -0.117.